The number of thiophene rings is 1. The Morgan fingerprint density at radius 2 is 0.818 bits per heavy atom. The van der Waals surface area contributed by atoms with Crippen LogP contribution in [0.25, 0.3) is 91.1 Å². The molecule has 10 rings (SSSR count). The molecule has 0 saturated heterocycles. The Hall–Kier alpha value is -5.44. The predicted octanol–water partition coefficient (Wildman–Crippen LogP) is 12.3. The Morgan fingerprint density at radius 1 is 0.341 bits per heavy atom. The monoisotopic (exact) mass is 575 g/mol. The molecule has 0 N–H and O–H groups in total. The van der Waals surface area contributed by atoms with Gasteiger partial charge in [-0.05, 0) is 50.9 Å². The van der Waals surface area contributed by atoms with Crippen LogP contribution in [0.2, 0.25) is 0 Å². The number of aromatic nitrogens is 1. The van der Waals surface area contributed by atoms with Crippen molar-refractivity contribution in [3.8, 4) is 16.8 Å². The molecule has 0 aliphatic rings. The highest BCUT2D eigenvalue weighted by atomic mass is 32.1. The zero-order valence-corrected chi connectivity index (χ0v) is 24.6. The SMILES string of the molecule is c1ccc(-c2ccc(-n3c4ccccc4c4c5ccccc5c5sc6c7ccccc7c7ccccc7c6c5c43)cc2)cc1. The maximum Gasteiger partial charge on any atom is 0.0640 e. The van der Waals surface area contributed by atoms with Crippen molar-refractivity contribution in [1.29, 1.82) is 0 Å². The van der Waals surface area contributed by atoms with Gasteiger partial charge >= 0.3 is 0 Å². The number of rotatable bonds is 2. The summed E-state index contributed by atoms with van der Waals surface area (Å²) in [6.07, 6.45) is 0. The molecular formula is C42H25NS. The average molecular weight is 576 g/mol. The molecule has 0 aliphatic carbocycles. The van der Waals surface area contributed by atoms with Crippen LogP contribution < -0.4 is 0 Å². The molecule has 8 aromatic carbocycles. The highest BCUT2D eigenvalue weighted by Crippen LogP contribution is 2.51. The first kappa shape index (κ1) is 24.0. The van der Waals surface area contributed by atoms with Gasteiger partial charge in [0.15, 0.2) is 0 Å². The summed E-state index contributed by atoms with van der Waals surface area (Å²) in [5.41, 5.74) is 6.16. The van der Waals surface area contributed by atoms with Crippen LogP contribution >= 0.6 is 11.3 Å². The zero-order chi connectivity index (χ0) is 28.8. The molecule has 0 bridgehead atoms. The van der Waals surface area contributed by atoms with Gasteiger partial charge in [-0.25, -0.2) is 0 Å². The maximum atomic E-state index is 2.52. The fraction of sp³-hybridized carbons (Fsp3) is 0. The molecule has 0 radical (unpaired) electrons. The summed E-state index contributed by atoms with van der Waals surface area (Å²) in [5, 5.41) is 13.2. The molecule has 2 heterocycles. The fourth-order valence-electron chi connectivity index (χ4n) is 7.50. The number of nitrogens with zero attached hydrogens (tertiary/aromatic N) is 1. The van der Waals surface area contributed by atoms with E-state index in [1.807, 2.05) is 11.3 Å². The number of hydrogen-bond acceptors (Lipinski definition) is 1. The normalized spacial score (nSPS) is 12.1. The van der Waals surface area contributed by atoms with Crippen molar-refractivity contribution >= 4 is 85.6 Å². The van der Waals surface area contributed by atoms with E-state index in [-0.39, 0.29) is 0 Å². The standard InChI is InChI=1S/C42H25NS/c1-2-12-26(13-3-1)27-22-24-28(25-23-27)43-36-21-11-10-20-35(36)37-32-17-7-9-19-34(32)42-39(40(37)43)38-31-16-6-4-14-29(31)30-15-5-8-18-33(30)41(38)44-42/h1-25H. The molecular weight excluding hydrogens is 551 g/mol. The van der Waals surface area contributed by atoms with Gasteiger partial charge in [0.2, 0.25) is 0 Å². The van der Waals surface area contributed by atoms with E-state index in [2.05, 4.69) is 156 Å². The molecule has 0 fully saturated rings. The highest BCUT2D eigenvalue weighted by molar-refractivity contribution is 7.28. The van der Waals surface area contributed by atoms with E-state index >= 15 is 0 Å². The quantitative estimate of drug-likeness (QED) is 0.181. The van der Waals surface area contributed by atoms with Crippen LogP contribution in [0.15, 0.2) is 152 Å². The van der Waals surface area contributed by atoms with Gasteiger partial charge in [0.05, 0.1) is 11.0 Å². The van der Waals surface area contributed by atoms with E-state index in [1.165, 1.54) is 91.1 Å². The lowest BCUT2D eigenvalue weighted by atomic mass is 9.94. The second kappa shape index (κ2) is 9.03. The van der Waals surface area contributed by atoms with Crippen LogP contribution in [0.3, 0.4) is 0 Å². The zero-order valence-electron chi connectivity index (χ0n) is 23.8. The Morgan fingerprint density at radius 3 is 1.52 bits per heavy atom. The van der Waals surface area contributed by atoms with E-state index in [0.29, 0.717) is 0 Å². The van der Waals surface area contributed by atoms with Crippen molar-refractivity contribution in [2.24, 2.45) is 0 Å². The Balaban J connectivity index is 1.46. The predicted molar refractivity (Wildman–Crippen MR) is 192 cm³/mol. The molecule has 0 amide bonds. The Bertz CT molecular complexity index is 2750. The summed E-state index contributed by atoms with van der Waals surface area (Å²) in [6.45, 7) is 0. The van der Waals surface area contributed by atoms with E-state index in [4.69, 9.17) is 0 Å². The molecule has 10 aromatic rings. The number of hydrogen-bond donors (Lipinski definition) is 0. The lowest BCUT2D eigenvalue weighted by molar-refractivity contribution is 1.19. The third-order valence-corrected chi connectivity index (χ3v) is 10.6. The van der Waals surface area contributed by atoms with Gasteiger partial charge in [-0.1, -0.05) is 133 Å². The first-order valence-electron chi connectivity index (χ1n) is 15.1. The number of benzene rings is 8. The van der Waals surface area contributed by atoms with E-state index in [1.54, 1.807) is 0 Å². The van der Waals surface area contributed by atoms with Crippen LogP contribution in [-0.4, -0.2) is 4.57 Å². The van der Waals surface area contributed by atoms with Crippen LogP contribution in [0.1, 0.15) is 0 Å². The van der Waals surface area contributed by atoms with Crippen molar-refractivity contribution in [2.45, 2.75) is 0 Å². The molecule has 0 spiro atoms. The topological polar surface area (TPSA) is 4.93 Å². The molecule has 2 aromatic heterocycles. The van der Waals surface area contributed by atoms with E-state index in [0.717, 1.165) is 0 Å². The van der Waals surface area contributed by atoms with E-state index in [9.17, 15) is 0 Å². The second-order valence-electron chi connectivity index (χ2n) is 11.6. The maximum absolute atomic E-state index is 2.52. The molecule has 0 unspecified atom stereocenters. The molecule has 2 heteroatoms. The van der Waals surface area contributed by atoms with Gasteiger partial charge in [0.1, 0.15) is 0 Å². The molecule has 0 atom stereocenters. The number of para-hydroxylation sites is 1. The van der Waals surface area contributed by atoms with Crippen molar-refractivity contribution in [2.75, 3.05) is 0 Å². The molecule has 0 aliphatic heterocycles. The highest BCUT2D eigenvalue weighted by Gasteiger charge is 2.23. The largest absolute Gasteiger partial charge is 0.309 e. The van der Waals surface area contributed by atoms with Gasteiger partial charge in [0.25, 0.3) is 0 Å². The fourth-order valence-corrected chi connectivity index (χ4v) is 8.89. The summed E-state index contributed by atoms with van der Waals surface area (Å²) >= 11 is 1.95. The number of fused-ring (bicyclic) bond motifs is 15. The molecule has 204 valence electrons. The third kappa shape index (κ3) is 3.18. The lowest BCUT2D eigenvalue weighted by Gasteiger charge is -2.12. The van der Waals surface area contributed by atoms with Gasteiger partial charge in [0, 0.05) is 47.4 Å². The van der Waals surface area contributed by atoms with Crippen LogP contribution in [0.5, 0.6) is 0 Å². The van der Waals surface area contributed by atoms with Gasteiger partial charge in [-0.3, -0.25) is 0 Å². The minimum absolute atomic E-state index is 1.18. The van der Waals surface area contributed by atoms with Crippen LogP contribution in [0.4, 0.5) is 0 Å². The van der Waals surface area contributed by atoms with Crippen molar-refractivity contribution in [1.82, 2.24) is 4.57 Å². The van der Waals surface area contributed by atoms with Gasteiger partial charge < -0.3 is 4.57 Å². The van der Waals surface area contributed by atoms with Gasteiger partial charge in [-0.2, -0.15) is 0 Å². The van der Waals surface area contributed by atoms with Crippen molar-refractivity contribution < 1.29 is 0 Å². The van der Waals surface area contributed by atoms with Crippen molar-refractivity contribution in [3.05, 3.63) is 152 Å². The Labute approximate surface area is 257 Å². The first-order valence-corrected chi connectivity index (χ1v) is 15.9. The Kier molecular flexibility index (Phi) is 4.94. The van der Waals surface area contributed by atoms with Crippen LogP contribution in [-0.2, 0) is 0 Å². The summed E-state index contributed by atoms with van der Waals surface area (Å²) in [7, 11) is 0. The smallest absolute Gasteiger partial charge is 0.0640 e. The second-order valence-corrected chi connectivity index (χ2v) is 12.7. The minimum atomic E-state index is 1.18. The molecule has 0 saturated carbocycles. The third-order valence-electron chi connectivity index (χ3n) is 9.35. The lowest BCUT2D eigenvalue weighted by Crippen LogP contribution is -1.94. The summed E-state index contributed by atoms with van der Waals surface area (Å²) in [6, 6.07) is 55.6. The van der Waals surface area contributed by atoms with Gasteiger partial charge in [-0.15, -0.1) is 11.3 Å². The molecule has 44 heavy (non-hydrogen) atoms. The summed E-state index contributed by atoms with van der Waals surface area (Å²) in [5.74, 6) is 0. The summed E-state index contributed by atoms with van der Waals surface area (Å²) in [4.78, 5) is 0. The van der Waals surface area contributed by atoms with Crippen molar-refractivity contribution in [3.63, 3.8) is 0 Å². The molecule has 1 nitrogen and oxygen atoms in total. The van der Waals surface area contributed by atoms with Crippen LogP contribution in [0, 0.1) is 0 Å². The average Bonchev–Trinajstić information content (AvgIpc) is 3.67. The van der Waals surface area contributed by atoms with E-state index < -0.39 is 0 Å². The summed E-state index contributed by atoms with van der Waals surface area (Å²) < 4.78 is 5.24. The first-order chi connectivity index (χ1) is 21.9. The minimum Gasteiger partial charge on any atom is -0.309 e.